The number of β-amino-alcohol motifs (C(OH)–C–C–N with tert-alkyl or cyclic N) is 1. The highest BCUT2D eigenvalue weighted by Crippen LogP contribution is 2.36. The van der Waals surface area contributed by atoms with Crippen molar-refractivity contribution in [2.24, 2.45) is 5.41 Å². The number of anilines is 5. The maximum absolute atomic E-state index is 14.0. The van der Waals surface area contributed by atoms with Gasteiger partial charge in [-0.15, -0.1) is 11.3 Å². The second kappa shape index (κ2) is 30.4. The number of nitrogens with zero attached hydrogens (tertiary/aromatic N) is 7. The quantitative estimate of drug-likeness (QED) is 0.0332. The number of amides is 4. The third kappa shape index (κ3) is 17.4. The number of rotatable bonds is 27. The van der Waals surface area contributed by atoms with Crippen molar-refractivity contribution in [3.05, 3.63) is 94.7 Å². The second-order valence-electron chi connectivity index (χ2n) is 23.0. The average Bonchev–Trinajstić information content (AvgIpc) is 2.19. The zero-order valence-corrected chi connectivity index (χ0v) is 52.6. The van der Waals surface area contributed by atoms with Crippen LogP contribution < -0.4 is 30.9 Å². The molecule has 5 aromatic rings. The Morgan fingerprint density at radius 3 is 2.16 bits per heavy atom. The molecule has 22 nitrogen and oxygen atoms in total. The number of methoxy groups -OCH3 is 1. The second-order valence-corrected chi connectivity index (χ2v) is 26.8. The molecule has 86 heavy (non-hydrogen) atoms. The van der Waals surface area contributed by atoms with Gasteiger partial charge >= 0.3 is 0 Å². The van der Waals surface area contributed by atoms with E-state index in [1.807, 2.05) is 80.6 Å². The van der Waals surface area contributed by atoms with Crippen LogP contribution in [0.25, 0.3) is 10.4 Å². The number of para-hydroxylation sites is 1. The van der Waals surface area contributed by atoms with Crippen LogP contribution in [-0.2, 0) is 49.8 Å². The Morgan fingerprint density at radius 2 is 1.51 bits per heavy atom. The minimum Gasteiger partial charge on any atom is -0.494 e. The minimum atomic E-state index is -3.58. The molecule has 0 saturated carbocycles. The molecule has 3 fully saturated rings. The SMILES string of the molecule is COc1cc(N2CCC(N3CCN(C(=O)CCOCCOCCOCCC(=O)N[C@H](C(=O)N4C[C@H](O)C[C@H]4C(=O)NCc4ccc(-c5scnc5C)cc4)C(C)(C)C)CC3)CC2)ccc1Nc1ncc(Cl)c(Nc2ccccc2S(=O)(=O)C(C)C)n1. The topological polar surface area (TPSA) is 259 Å². The van der Waals surface area contributed by atoms with Gasteiger partial charge in [-0.3, -0.25) is 24.1 Å². The number of hydrogen-bond acceptors (Lipinski definition) is 19. The molecule has 3 aromatic carbocycles. The van der Waals surface area contributed by atoms with E-state index in [2.05, 4.69) is 46.0 Å². The highest BCUT2D eigenvalue weighted by Gasteiger charge is 2.44. The number of aliphatic hydroxyl groups is 1. The highest BCUT2D eigenvalue weighted by atomic mass is 35.5. The van der Waals surface area contributed by atoms with Crippen LogP contribution in [0.3, 0.4) is 0 Å². The third-order valence-corrected chi connectivity index (χ3v) is 19.1. The number of aromatic nitrogens is 3. The number of piperazine rings is 1. The number of carbonyl (C=O) groups excluding carboxylic acids is 4. The molecule has 3 aliphatic heterocycles. The Kier molecular flexibility index (Phi) is 23.1. The first kappa shape index (κ1) is 65.5. The molecule has 0 unspecified atom stereocenters. The molecule has 466 valence electrons. The van der Waals surface area contributed by atoms with Gasteiger partial charge in [0.25, 0.3) is 0 Å². The van der Waals surface area contributed by atoms with Gasteiger partial charge in [-0.1, -0.05) is 68.8 Å². The van der Waals surface area contributed by atoms with Crippen molar-refractivity contribution in [2.75, 3.05) is 108 Å². The van der Waals surface area contributed by atoms with Crippen LogP contribution in [0.15, 0.2) is 83.3 Å². The van der Waals surface area contributed by atoms with E-state index in [0.717, 1.165) is 66.4 Å². The Balaban J connectivity index is 0.666. The van der Waals surface area contributed by atoms with Gasteiger partial charge in [0.2, 0.25) is 29.6 Å². The molecule has 5 heterocycles. The molecule has 3 atom stereocenters. The van der Waals surface area contributed by atoms with Gasteiger partial charge in [-0.2, -0.15) is 4.98 Å². The fourth-order valence-corrected chi connectivity index (χ4v) is 12.8. The summed E-state index contributed by atoms with van der Waals surface area (Å²) in [4.78, 5) is 76.3. The van der Waals surface area contributed by atoms with E-state index in [1.165, 1.54) is 11.1 Å². The van der Waals surface area contributed by atoms with Crippen LogP contribution in [0, 0.1) is 12.3 Å². The molecule has 3 saturated heterocycles. The molecule has 8 rings (SSSR count). The first-order chi connectivity index (χ1) is 41.2. The summed E-state index contributed by atoms with van der Waals surface area (Å²) in [5.74, 6) is -0.0149. The number of aryl methyl sites for hydroxylation is 1. The Labute approximate surface area is 513 Å². The number of sulfone groups is 1. The number of carbonyl (C=O) groups is 4. The van der Waals surface area contributed by atoms with E-state index in [1.54, 1.807) is 56.6 Å². The van der Waals surface area contributed by atoms with E-state index >= 15 is 0 Å². The number of piperidine rings is 1. The lowest BCUT2D eigenvalue weighted by Crippen LogP contribution is -2.57. The Bertz CT molecular complexity index is 3200. The van der Waals surface area contributed by atoms with Crippen molar-refractivity contribution in [1.29, 1.82) is 0 Å². The van der Waals surface area contributed by atoms with Crippen molar-refractivity contribution in [1.82, 2.24) is 40.3 Å². The molecule has 3 aliphatic rings. The fraction of sp³-hybridized carbons (Fsp3) is 0.525. The number of nitrogens with one attached hydrogen (secondary N) is 4. The van der Waals surface area contributed by atoms with Gasteiger partial charge in [0.05, 0.1) is 103 Å². The van der Waals surface area contributed by atoms with Crippen molar-refractivity contribution < 1.29 is 51.6 Å². The maximum Gasteiger partial charge on any atom is 0.246 e. The molecule has 0 bridgehead atoms. The number of aliphatic hydroxyl groups excluding tert-OH is 1. The first-order valence-corrected chi connectivity index (χ1v) is 32.1. The summed E-state index contributed by atoms with van der Waals surface area (Å²) in [6, 6.07) is 19.0. The van der Waals surface area contributed by atoms with Crippen LogP contribution >= 0.6 is 22.9 Å². The van der Waals surface area contributed by atoms with Gasteiger partial charge < -0.3 is 60.0 Å². The maximum atomic E-state index is 14.0. The van der Waals surface area contributed by atoms with Crippen LogP contribution in [0.1, 0.15) is 78.0 Å². The predicted octanol–water partition coefficient (Wildman–Crippen LogP) is 6.99. The Morgan fingerprint density at radius 1 is 0.837 bits per heavy atom. The summed E-state index contributed by atoms with van der Waals surface area (Å²) in [6.07, 6.45) is 2.93. The lowest BCUT2D eigenvalue weighted by molar-refractivity contribution is -0.144. The predicted molar refractivity (Wildman–Crippen MR) is 332 cm³/mol. The van der Waals surface area contributed by atoms with Crippen molar-refractivity contribution >= 4 is 85.2 Å². The van der Waals surface area contributed by atoms with Gasteiger partial charge in [0.15, 0.2) is 15.7 Å². The van der Waals surface area contributed by atoms with Crippen molar-refractivity contribution in [2.45, 2.75) is 115 Å². The van der Waals surface area contributed by atoms with Gasteiger partial charge in [0.1, 0.15) is 22.9 Å². The molecule has 4 amide bonds. The summed E-state index contributed by atoms with van der Waals surface area (Å²) in [5.41, 5.74) is 6.05. The van der Waals surface area contributed by atoms with Crippen molar-refractivity contribution in [3.8, 4) is 16.2 Å². The molecule has 0 spiro atoms. The van der Waals surface area contributed by atoms with Crippen LogP contribution in [-0.4, -0.2) is 189 Å². The third-order valence-electron chi connectivity index (χ3n) is 15.6. The summed E-state index contributed by atoms with van der Waals surface area (Å²) in [7, 11) is -1.98. The smallest absolute Gasteiger partial charge is 0.246 e. The number of ether oxygens (including phenoxy) is 4. The average molecular weight is 1240 g/mol. The summed E-state index contributed by atoms with van der Waals surface area (Å²) in [6.45, 7) is 17.3. The summed E-state index contributed by atoms with van der Waals surface area (Å²) >= 11 is 8.05. The van der Waals surface area contributed by atoms with Gasteiger partial charge in [-0.25, -0.2) is 18.4 Å². The largest absolute Gasteiger partial charge is 0.494 e. The highest BCUT2D eigenvalue weighted by molar-refractivity contribution is 7.92. The summed E-state index contributed by atoms with van der Waals surface area (Å²) in [5, 5.41) is 22.3. The van der Waals surface area contributed by atoms with Gasteiger partial charge in [-0.05, 0) is 74.4 Å². The van der Waals surface area contributed by atoms with Crippen LogP contribution in [0.4, 0.5) is 28.8 Å². The summed E-state index contributed by atoms with van der Waals surface area (Å²) < 4.78 is 48.9. The number of hydrogen-bond donors (Lipinski definition) is 5. The lowest BCUT2D eigenvalue weighted by Gasteiger charge is -2.43. The molecular weight excluding hydrogens is 1160 g/mol. The zero-order valence-electron chi connectivity index (χ0n) is 50.2. The standard InChI is InChI=1S/C61H82ClN11O11S2/c1-40(2)86(79,80)52-11-9-8-10-49(52)66-57-47(62)37-64-60(69-57)67-48-17-16-45(34-51(48)81-7)70-22-18-44(19-23-70)71-24-26-72(27-25-71)54(76)21-29-83-31-33-84-32-30-82-28-20-53(75)68-56(61(4,5)6)59(78)73-38-46(74)35-50(73)58(77)63-36-42-12-14-43(15-13-42)55-41(3)65-39-85-55/h8-17,34,37,39-40,44,46,50,56,74H,18-33,35-36,38H2,1-7H3,(H,63,77)(H,68,75)(H2,64,66,67,69)/t46-,50+,56-/m1/s1. The molecule has 0 aliphatic carbocycles. The lowest BCUT2D eigenvalue weighted by atomic mass is 9.85. The molecule has 5 N–H and O–H groups in total. The van der Waals surface area contributed by atoms with Crippen LogP contribution in [0.2, 0.25) is 5.02 Å². The monoisotopic (exact) mass is 1240 g/mol. The Hall–Kier alpha value is -6.51. The van der Waals surface area contributed by atoms with Crippen LogP contribution in [0.5, 0.6) is 5.75 Å². The molecular formula is C61H82ClN11O11S2. The zero-order chi connectivity index (χ0) is 61.5. The van der Waals surface area contributed by atoms with E-state index in [-0.39, 0.29) is 91.6 Å². The molecule has 2 aromatic heterocycles. The number of halogens is 1. The number of likely N-dealkylation sites (tertiary alicyclic amines) is 1. The normalized spacial score (nSPS) is 17.4. The molecule has 0 radical (unpaired) electrons. The van der Waals surface area contributed by atoms with Crippen molar-refractivity contribution in [3.63, 3.8) is 0 Å². The minimum absolute atomic E-state index is 0.00901. The molecule has 25 heteroatoms. The van der Waals surface area contributed by atoms with E-state index in [9.17, 15) is 32.7 Å². The number of thiazole rings is 1. The van der Waals surface area contributed by atoms with E-state index in [0.29, 0.717) is 56.1 Å². The van der Waals surface area contributed by atoms with E-state index < -0.39 is 44.6 Å². The fourth-order valence-electron chi connectivity index (χ4n) is 10.7. The first-order valence-electron chi connectivity index (χ1n) is 29.3. The van der Waals surface area contributed by atoms with Gasteiger partial charge in [0, 0.05) is 83.0 Å². The number of benzene rings is 3. The van der Waals surface area contributed by atoms with E-state index in [4.69, 9.17) is 30.5 Å².